The van der Waals surface area contributed by atoms with Crippen LogP contribution in [0, 0.1) is 0 Å². The van der Waals surface area contributed by atoms with Gasteiger partial charge in [-0.1, -0.05) is 0 Å². The third kappa shape index (κ3) is 2.31. The van der Waals surface area contributed by atoms with Gasteiger partial charge in [0.1, 0.15) is 0 Å². The maximum atomic E-state index is 10.9. The van der Waals surface area contributed by atoms with Crippen molar-refractivity contribution in [1.82, 2.24) is 0 Å². The van der Waals surface area contributed by atoms with Gasteiger partial charge in [-0.05, 0) is 12.8 Å². The van der Waals surface area contributed by atoms with E-state index in [4.69, 9.17) is 0 Å². The summed E-state index contributed by atoms with van der Waals surface area (Å²) in [6.45, 7) is 0. The van der Waals surface area contributed by atoms with E-state index in [1.165, 1.54) is 0 Å². The Hall–Kier alpha value is -0.0500. The van der Waals surface area contributed by atoms with E-state index in [1.54, 1.807) is 12.5 Å². The maximum absolute atomic E-state index is 10.9. The molecule has 1 aliphatic rings. The first kappa shape index (κ1) is 6.08. The van der Waals surface area contributed by atoms with Crippen LogP contribution in [0.1, 0.15) is 12.8 Å². The molecule has 2 nitrogen and oxygen atoms in total. The average molecular weight is 133 g/mol. The number of hydrogen-bond acceptors (Lipinski definition) is 2. The first-order valence-electron chi connectivity index (χ1n) is 2.74. The molecule has 3 heteroatoms. The largest absolute Gasteiger partial charge is 0.250 e. The third-order valence-electron chi connectivity index (χ3n) is 0.950. The summed E-state index contributed by atoms with van der Waals surface area (Å²) in [5.74, 6) is 0. The van der Waals surface area contributed by atoms with Crippen molar-refractivity contribution >= 4 is 9.73 Å². The Labute approximate surface area is 50.5 Å². The fourth-order valence-electron chi connectivity index (χ4n) is 0.539. The summed E-state index contributed by atoms with van der Waals surface area (Å²) in [4.78, 5) is 0. The molecule has 0 bridgehead atoms. The molecule has 1 saturated carbocycles. The van der Waals surface area contributed by atoms with Crippen LogP contribution in [0.5, 0.6) is 0 Å². The lowest BCUT2D eigenvalue weighted by molar-refractivity contribution is 0.682. The molecule has 1 rings (SSSR count). The van der Waals surface area contributed by atoms with E-state index in [0.717, 1.165) is 12.8 Å². The molecule has 0 unspecified atom stereocenters. The Morgan fingerprint density at radius 3 is 2.12 bits per heavy atom. The van der Waals surface area contributed by atoms with Crippen LogP contribution < -0.4 is 0 Å². The number of hydrogen-bond donors (Lipinski definition) is 0. The molecule has 0 saturated heterocycles. The Morgan fingerprint density at radius 1 is 1.50 bits per heavy atom. The number of nitrogens with zero attached hydrogens (tertiary/aromatic N) is 1. The van der Waals surface area contributed by atoms with Crippen LogP contribution in [0.4, 0.5) is 0 Å². The molecule has 0 aromatic carbocycles. The quantitative estimate of drug-likeness (QED) is 0.522. The molecule has 0 aromatic heterocycles. The van der Waals surface area contributed by atoms with E-state index in [-0.39, 0.29) is 0 Å². The minimum atomic E-state index is -1.79. The van der Waals surface area contributed by atoms with Crippen LogP contribution in [0.15, 0.2) is 4.36 Å². The molecule has 0 aliphatic heterocycles. The van der Waals surface area contributed by atoms with Crippen LogP contribution in [-0.2, 0) is 9.73 Å². The van der Waals surface area contributed by atoms with Crippen molar-refractivity contribution in [3.63, 3.8) is 0 Å². The molecule has 0 heterocycles. The second kappa shape index (κ2) is 1.72. The lowest BCUT2D eigenvalue weighted by Gasteiger charge is -1.89. The number of rotatable bonds is 1. The molecule has 8 heavy (non-hydrogen) atoms. The zero-order valence-electron chi connectivity index (χ0n) is 5.26. The van der Waals surface area contributed by atoms with Crippen molar-refractivity contribution in [2.45, 2.75) is 18.9 Å². The Bertz CT molecular complexity index is 179. The van der Waals surface area contributed by atoms with E-state index < -0.39 is 9.73 Å². The van der Waals surface area contributed by atoms with Gasteiger partial charge >= 0.3 is 0 Å². The van der Waals surface area contributed by atoms with Crippen LogP contribution in [0.2, 0.25) is 0 Å². The summed E-state index contributed by atoms with van der Waals surface area (Å²) >= 11 is 0. The summed E-state index contributed by atoms with van der Waals surface area (Å²) in [6.07, 6.45) is 5.67. The van der Waals surface area contributed by atoms with E-state index in [2.05, 4.69) is 4.36 Å². The SMILES string of the molecule is CS(C)(=O)=NC1CC1. The fraction of sp³-hybridized carbons (Fsp3) is 1.00. The minimum Gasteiger partial charge on any atom is -0.250 e. The topological polar surface area (TPSA) is 29.4 Å². The Morgan fingerprint density at radius 2 is 2.00 bits per heavy atom. The van der Waals surface area contributed by atoms with Gasteiger partial charge in [0.05, 0.1) is 6.04 Å². The normalized spacial score (nSPS) is 20.8. The van der Waals surface area contributed by atoms with Crippen LogP contribution in [-0.4, -0.2) is 22.8 Å². The first-order valence-corrected chi connectivity index (χ1v) is 5.07. The van der Waals surface area contributed by atoms with Crippen LogP contribution in [0.25, 0.3) is 0 Å². The van der Waals surface area contributed by atoms with Crippen molar-refractivity contribution in [3.05, 3.63) is 0 Å². The first-order chi connectivity index (χ1) is 3.58. The van der Waals surface area contributed by atoms with Gasteiger partial charge < -0.3 is 0 Å². The van der Waals surface area contributed by atoms with Crippen molar-refractivity contribution in [2.75, 3.05) is 12.5 Å². The summed E-state index contributed by atoms with van der Waals surface area (Å²) in [5, 5.41) is 0. The summed E-state index contributed by atoms with van der Waals surface area (Å²) in [7, 11) is -1.79. The molecule has 0 radical (unpaired) electrons. The highest BCUT2D eigenvalue weighted by Gasteiger charge is 2.20. The molecule has 0 N–H and O–H groups in total. The molecule has 48 valence electrons. The maximum Gasteiger partial charge on any atom is 0.0595 e. The van der Waals surface area contributed by atoms with Crippen LogP contribution >= 0.6 is 0 Å². The summed E-state index contributed by atoms with van der Waals surface area (Å²) in [6, 6.07) is 0.442. The lowest BCUT2D eigenvalue weighted by atomic mass is 10.8. The van der Waals surface area contributed by atoms with E-state index in [9.17, 15) is 4.21 Å². The standard InChI is InChI=1S/C5H11NOS/c1-8(2,7)6-5-3-4-5/h5H,3-4H2,1-2H3. The lowest BCUT2D eigenvalue weighted by Crippen LogP contribution is -1.92. The van der Waals surface area contributed by atoms with Gasteiger partial charge in [0.25, 0.3) is 0 Å². The van der Waals surface area contributed by atoms with E-state index in [0.29, 0.717) is 6.04 Å². The fourth-order valence-corrected chi connectivity index (χ4v) is 1.47. The highest BCUT2D eigenvalue weighted by molar-refractivity contribution is 7.92. The van der Waals surface area contributed by atoms with E-state index >= 15 is 0 Å². The van der Waals surface area contributed by atoms with Crippen molar-refractivity contribution < 1.29 is 4.21 Å². The van der Waals surface area contributed by atoms with Gasteiger partial charge in [-0.15, -0.1) is 0 Å². The van der Waals surface area contributed by atoms with Gasteiger partial charge in [0.2, 0.25) is 0 Å². The smallest absolute Gasteiger partial charge is 0.0595 e. The zero-order chi connectivity index (χ0) is 6.20. The van der Waals surface area contributed by atoms with Gasteiger partial charge in [-0.3, -0.25) is 4.21 Å². The van der Waals surface area contributed by atoms with Gasteiger partial charge in [0, 0.05) is 22.2 Å². The van der Waals surface area contributed by atoms with Crippen molar-refractivity contribution in [2.24, 2.45) is 4.36 Å². The Balaban J connectivity index is 2.65. The second-order valence-electron chi connectivity index (χ2n) is 2.52. The molecule has 0 spiro atoms. The predicted octanol–water partition coefficient (Wildman–Crippen LogP) is 0.876. The Kier molecular flexibility index (Phi) is 1.31. The summed E-state index contributed by atoms with van der Waals surface area (Å²) in [5.41, 5.74) is 0. The van der Waals surface area contributed by atoms with E-state index in [1.807, 2.05) is 0 Å². The van der Waals surface area contributed by atoms with Crippen molar-refractivity contribution in [3.8, 4) is 0 Å². The molecule has 0 aromatic rings. The second-order valence-corrected chi connectivity index (χ2v) is 5.09. The van der Waals surface area contributed by atoms with Gasteiger partial charge in [-0.2, -0.15) is 0 Å². The zero-order valence-corrected chi connectivity index (χ0v) is 6.07. The molecular weight excluding hydrogens is 122 g/mol. The predicted molar refractivity (Wildman–Crippen MR) is 35.4 cm³/mol. The van der Waals surface area contributed by atoms with Gasteiger partial charge in [-0.25, -0.2) is 4.36 Å². The monoisotopic (exact) mass is 133 g/mol. The molecule has 1 fully saturated rings. The molecule has 0 atom stereocenters. The molecule has 0 amide bonds. The minimum absolute atomic E-state index is 0.442. The summed E-state index contributed by atoms with van der Waals surface area (Å²) < 4.78 is 14.9. The average Bonchev–Trinajstić information content (AvgIpc) is 2.12. The third-order valence-corrected chi connectivity index (χ3v) is 1.76. The highest BCUT2D eigenvalue weighted by Crippen LogP contribution is 2.24. The van der Waals surface area contributed by atoms with Crippen molar-refractivity contribution in [1.29, 1.82) is 0 Å². The van der Waals surface area contributed by atoms with Crippen LogP contribution in [0.3, 0.4) is 0 Å². The molecular formula is C5H11NOS. The highest BCUT2D eigenvalue weighted by atomic mass is 32.2. The molecule has 1 aliphatic carbocycles. The van der Waals surface area contributed by atoms with Gasteiger partial charge in [0.15, 0.2) is 0 Å².